The maximum Gasteiger partial charge on any atom is 0.343 e. The van der Waals surface area contributed by atoms with Gasteiger partial charge >= 0.3 is 5.97 Å². The smallest absolute Gasteiger partial charge is 0.343 e. The molecule has 4 rings (SSSR count). The molecule has 192 valence electrons. The average molecular weight is 573 g/mol. The third-order valence-electron chi connectivity index (χ3n) is 5.52. The van der Waals surface area contributed by atoms with Crippen molar-refractivity contribution in [2.24, 2.45) is 5.10 Å². The molecule has 0 heterocycles. The van der Waals surface area contributed by atoms with Crippen LogP contribution in [0.4, 0.5) is 0 Å². The molecule has 4 aromatic rings. The molecule has 1 N–H and O–H groups in total. The maximum atomic E-state index is 12.6. The lowest BCUT2D eigenvalue weighted by molar-refractivity contribution is -0.127. The molecule has 0 spiro atoms. The maximum absolute atomic E-state index is 12.6. The lowest BCUT2D eigenvalue weighted by atomic mass is 10.1. The van der Waals surface area contributed by atoms with Gasteiger partial charge in [-0.2, -0.15) is 5.10 Å². The molecule has 0 fully saturated rings. The summed E-state index contributed by atoms with van der Waals surface area (Å²) in [5.74, 6) is 0.524. The average Bonchev–Trinajstić information content (AvgIpc) is 2.95. The van der Waals surface area contributed by atoms with Gasteiger partial charge in [-0.3, -0.25) is 4.79 Å². The molecule has 0 unspecified atom stereocenters. The van der Waals surface area contributed by atoms with Crippen molar-refractivity contribution in [3.63, 3.8) is 0 Å². The van der Waals surface area contributed by atoms with E-state index in [-0.39, 0.29) is 5.75 Å². The molecule has 7 nitrogen and oxygen atoms in total. The monoisotopic (exact) mass is 572 g/mol. The van der Waals surface area contributed by atoms with Gasteiger partial charge in [0.1, 0.15) is 17.2 Å². The van der Waals surface area contributed by atoms with Gasteiger partial charge in [-0.25, -0.2) is 10.2 Å². The molecule has 38 heavy (non-hydrogen) atoms. The van der Waals surface area contributed by atoms with Crippen LogP contribution in [0.5, 0.6) is 17.2 Å². The third-order valence-corrected chi connectivity index (χ3v) is 6.02. The van der Waals surface area contributed by atoms with Gasteiger partial charge in [0.2, 0.25) is 0 Å². The van der Waals surface area contributed by atoms with Crippen molar-refractivity contribution in [1.29, 1.82) is 0 Å². The second kappa shape index (κ2) is 12.7. The fraction of sp³-hybridized carbons (Fsp3) is 0.100. The Labute approximate surface area is 229 Å². The Kier molecular flexibility index (Phi) is 8.89. The highest BCUT2D eigenvalue weighted by atomic mass is 79.9. The summed E-state index contributed by atoms with van der Waals surface area (Å²) in [6.07, 6.45) is 0.616. The topological polar surface area (TPSA) is 86.2 Å². The van der Waals surface area contributed by atoms with Crippen LogP contribution in [0.2, 0.25) is 0 Å². The largest absolute Gasteiger partial charge is 0.497 e. The predicted octanol–water partition coefficient (Wildman–Crippen LogP) is 6.26. The number of hydrogen-bond acceptors (Lipinski definition) is 6. The van der Waals surface area contributed by atoms with Gasteiger partial charge in [0.05, 0.1) is 18.9 Å². The van der Waals surface area contributed by atoms with Crippen molar-refractivity contribution in [3.8, 4) is 28.4 Å². The number of rotatable bonds is 9. The van der Waals surface area contributed by atoms with Crippen molar-refractivity contribution in [2.45, 2.75) is 13.0 Å². The number of methoxy groups -OCH3 is 1. The number of nitrogens with one attached hydrogen (secondary N) is 1. The van der Waals surface area contributed by atoms with Crippen LogP contribution in [-0.4, -0.2) is 31.3 Å². The van der Waals surface area contributed by atoms with E-state index in [4.69, 9.17) is 14.2 Å². The summed E-state index contributed by atoms with van der Waals surface area (Å²) >= 11 is 3.40. The minimum Gasteiger partial charge on any atom is -0.497 e. The number of ether oxygens (including phenoxy) is 3. The molecule has 0 aromatic heterocycles. The summed E-state index contributed by atoms with van der Waals surface area (Å²) in [7, 11) is 1.55. The van der Waals surface area contributed by atoms with Crippen LogP contribution in [0.15, 0.2) is 107 Å². The van der Waals surface area contributed by atoms with Gasteiger partial charge in [0, 0.05) is 10.0 Å². The summed E-state index contributed by atoms with van der Waals surface area (Å²) in [5, 5.41) is 4.03. The summed E-state index contributed by atoms with van der Waals surface area (Å²) in [4.78, 5) is 25.1. The number of benzene rings is 4. The molecule has 0 aliphatic rings. The van der Waals surface area contributed by atoms with E-state index in [1.54, 1.807) is 56.5 Å². The molecule has 0 aliphatic heterocycles. The van der Waals surface area contributed by atoms with E-state index in [1.807, 2.05) is 54.6 Å². The summed E-state index contributed by atoms with van der Waals surface area (Å²) in [6.45, 7) is 1.64. The van der Waals surface area contributed by atoms with Gasteiger partial charge in [-0.15, -0.1) is 0 Å². The quantitative estimate of drug-likeness (QED) is 0.111. The highest BCUT2D eigenvalue weighted by Crippen LogP contribution is 2.24. The Morgan fingerprint density at radius 1 is 0.868 bits per heavy atom. The Hall–Kier alpha value is -4.43. The van der Waals surface area contributed by atoms with Crippen molar-refractivity contribution < 1.29 is 23.8 Å². The Bertz CT molecular complexity index is 1420. The molecule has 8 heteroatoms. The first kappa shape index (κ1) is 26.6. The van der Waals surface area contributed by atoms with E-state index in [1.165, 1.54) is 6.21 Å². The van der Waals surface area contributed by atoms with E-state index >= 15 is 0 Å². The highest BCUT2D eigenvalue weighted by molar-refractivity contribution is 9.10. The van der Waals surface area contributed by atoms with Crippen LogP contribution in [0.25, 0.3) is 11.1 Å². The van der Waals surface area contributed by atoms with Crippen LogP contribution in [0.1, 0.15) is 22.8 Å². The summed E-state index contributed by atoms with van der Waals surface area (Å²) in [6, 6.07) is 29.2. The SMILES string of the molecule is COc1ccc(C(=O)Oc2ccc(Br)cc2/C=N\NC(=O)[C@@H](C)Oc2ccc(-c3ccccc3)cc2)cc1. The minimum absolute atomic E-state index is 0.287. The zero-order valence-electron chi connectivity index (χ0n) is 20.8. The number of nitrogens with zero attached hydrogens (tertiary/aromatic N) is 1. The Balaban J connectivity index is 1.36. The van der Waals surface area contributed by atoms with Crippen LogP contribution >= 0.6 is 15.9 Å². The number of esters is 1. The first-order chi connectivity index (χ1) is 18.4. The number of hydrazone groups is 1. The van der Waals surface area contributed by atoms with E-state index in [2.05, 4.69) is 26.5 Å². The van der Waals surface area contributed by atoms with E-state index in [0.29, 0.717) is 22.6 Å². The number of amides is 1. The molecule has 0 aliphatic carbocycles. The van der Waals surface area contributed by atoms with Gasteiger partial charge in [-0.05, 0) is 72.6 Å². The standard InChI is InChI=1S/C30H25BrN2O5/c1-20(37-27-15-8-22(9-16-27)21-6-4-3-5-7-21)29(34)33-32-19-24-18-25(31)12-17-28(24)38-30(35)23-10-13-26(36-2)14-11-23/h3-20H,1-2H3,(H,33,34)/b32-19-/t20-/m1/s1. The molecule has 0 bridgehead atoms. The molecule has 1 amide bonds. The predicted molar refractivity (Wildman–Crippen MR) is 150 cm³/mol. The van der Waals surface area contributed by atoms with Crippen molar-refractivity contribution in [1.82, 2.24) is 5.43 Å². The molecular weight excluding hydrogens is 548 g/mol. The van der Waals surface area contributed by atoms with E-state index < -0.39 is 18.0 Å². The molecule has 0 radical (unpaired) electrons. The minimum atomic E-state index is -0.787. The number of hydrogen-bond donors (Lipinski definition) is 1. The lowest BCUT2D eigenvalue weighted by Crippen LogP contribution is -2.33. The number of carbonyl (C=O) groups is 2. The zero-order valence-corrected chi connectivity index (χ0v) is 22.3. The van der Waals surface area contributed by atoms with Crippen LogP contribution < -0.4 is 19.6 Å². The van der Waals surface area contributed by atoms with Crippen molar-refractivity contribution >= 4 is 34.0 Å². The van der Waals surface area contributed by atoms with Crippen LogP contribution in [-0.2, 0) is 4.79 Å². The second-order valence-corrected chi connectivity index (χ2v) is 9.10. The summed E-state index contributed by atoms with van der Waals surface area (Å²) < 4.78 is 17.2. The molecule has 0 saturated heterocycles. The van der Waals surface area contributed by atoms with Crippen molar-refractivity contribution in [3.05, 3.63) is 113 Å². The lowest BCUT2D eigenvalue weighted by Gasteiger charge is -2.13. The van der Waals surface area contributed by atoms with Crippen LogP contribution in [0, 0.1) is 0 Å². The molecule has 0 saturated carbocycles. The Morgan fingerprint density at radius 2 is 1.53 bits per heavy atom. The molecule has 4 aromatic carbocycles. The number of halogens is 1. The Morgan fingerprint density at radius 3 is 2.21 bits per heavy atom. The first-order valence-electron chi connectivity index (χ1n) is 11.7. The number of carbonyl (C=O) groups excluding carboxylic acids is 2. The van der Waals surface area contributed by atoms with Gasteiger partial charge in [-0.1, -0.05) is 58.4 Å². The third kappa shape index (κ3) is 7.08. The van der Waals surface area contributed by atoms with Crippen molar-refractivity contribution in [2.75, 3.05) is 7.11 Å². The zero-order chi connectivity index (χ0) is 26.9. The summed E-state index contributed by atoms with van der Waals surface area (Å²) in [5.41, 5.74) is 5.48. The van der Waals surface area contributed by atoms with Gasteiger partial charge in [0.25, 0.3) is 5.91 Å². The van der Waals surface area contributed by atoms with E-state index in [9.17, 15) is 9.59 Å². The highest BCUT2D eigenvalue weighted by Gasteiger charge is 2.15. The normalized spacial score (nSPS) is 11.6. The second-order valence-electron chi connectivity index (χ2n) is 8.18. The first-order valence-corrected chi connectivity index (χ1v) is 12.5. The van der Waals surface area contributed by atoms with Crippen LogP contribution in [0.3, 0.4) is 0 Å². The fourth-order valence-electron chi connectivity index (χ4n) is 3.47. The van der Waals surface area contributed by atoms with Gasteiger partial charge in [0.15, 0.2) is 6.10 Å². The molecule has 1 atom stereocenters. The van der Waals surface area contributed by atoms with Gasteiger partial charge < -0.3 is 14.2 Å². The molecular formula is C30H25BrN2O5. The fourth-order valence-corrected chi connectivity index (χ4v) is 3.85. The van der Waals surface area contributed by atoms with E-state index in [0.717, 1.165) is 15.6 Å².